The largest absolute Gasteiger partial charge is 0.394 e. The van der Waals surface area contributed by atoms with Crippen molar-refractivity contribution in [1.29, 1.82) is 0 Å². The third-order valence-corrected chi connectivity index (χ3v) is 5.96. The van der Waals surface area contributed by atoms with Crippen molar-refractivity contribution in [1.82, 2.24) is 20.3 Å². The number of aliphatic hydroxyl groups is 2. The average molecular weight is 445 g/mol. The minimum Gasteiger partial charge on any atom is -0.394 e. The van der Waals surface area contributed by atoms with Crippen molar-refractivity contribution in [3.8, 4) is 0 Å². The average Bonchev–Trinajstić information content (AvgIpc) is 3.26. The van der Waals surface area contributed by atoms with E-state index < -0.39 is 5.54 Å². The van der Waals surface area contributed by atoms with Crippen LogP contribution in [-0.4, -0.2) is 49.9 Å². The van der Waals surface area contributed by atoms with Gasteiger partial charge in [-0.1, -0.05) is 68.5 Å². The molecule has 0 bridgehead atoms. The maximum absolute atomic E-state index is 11.4. The van der Waals surface area contributed by atoms with Crippen molar-refractivity contribution < 1.29 is 15.0 Å². The number of nitrogens with one attached hydrogen (secondary N) is 1. The smallest absolute Gasteiger partial charge is 0.217 e. The minimum absolute atomic E-state index is 0.283. The Labute approximate surface area is 192 Å². The van der Waals surface area contributed by atoms with E-state index in [0.29, 0.717) is 12.8 Å². The van der Waals surface area contributed by atoms with E-state index in [0.717, 1.165) is 25.1 Å². The Morgan fingerprint density at radius 3 is 2.22 bits per heavy atom. The minimum atomic E-state index is -1.03. The molecule has 7 heteroatoms. The lowest BCUT2D eigenvalue weighted by Gasteiger charge is -2.30. The third kappa shape index (κ3) is 9.09. The van der Waals surface area contributed by atoms with Gasteiger partial charge >= 0.3 is 0 Å². The van der Waals surface area contributed by atoms with Gasteiger partial charge in [-0.3, -0.25) is 9.48 Å². The maximum atomic E-state index is 11.4. The number of carbonyl (C=O) groups is 1. The number of aliphatic hydroxyl groups excluding tert-OH is 2. The Morgan fingerprint density at radius 2 is 1.59 bits per heavy atom. The Morgan fingerprint density at radius 1 is 0.969 bits per heavy atom. The molecule has 0 aliphatic carbocycles. The monoisotopic (exact) mass is 444 g/mol. The molecule has 2 rings (SSSR count). The second kappa shape index (κ2) is 14.0. The van der Waals surface area contributed by atoms with Gasteiger partial charge in [0.05, 0.1) is 24.4 Å². The van der Waals surface area contributed by atoms with Gasteiger partial charge in [0.2, 0.25) is 5.91 Å². The van der Waals surface area contributed by atoms with Crippen LogP contribution < -0.4 is 5.32 Å². The summed E-state index contributed by atoms with van der Waals surface area (Å²) in [6, 6.07) is 8.88. The Hall–Kier alpha value is -2.25. The van der Waals surface area contributed by atoms with Crippen LogP contribution in [0.1, 0.15) is 75.6 Å². The highest BCUT2D eigenvalue weighted by molar-refractivity contribution is 5.73. The SMILES string of the molecule is CCCCCCCCc1ccc(CCn2cc(CCC(CO)(CO)NC(C)=O)nn2)cc1. The molecule has 178 valence electrons. The molecule has 0 fully saturated rings. The van der Waals surface area contributed by atoms with E-state index in [9.17, 15) is 15.0 Å². The lowest BCUT2D eigenvalue weighted by molar-refractivity contribution is -0.122. The fourth-order valence-electron chi connectivity index (χ4n) is 3.88. The van der Waals surface area contributed by atoms with E-state index in [4.69, 9.17) is 0 Å². The summed E-state index contributed by atoms with van der Waals surface area (Å²) in [6.45, 7) is 3.70. The van der Waals surface area contributed by atoms with Gasteiger partial charge in [0.15, 0.2) is 0 Å². The van der Waals surface area contributed by atoms with Crippen molar-refractivity contribution >= 4 is 5.91 Å². The molecule has 0 saturated carbocycles. The highest BCUT2D eigenvalue weighted by atomic mass is 16.3. The van der Waals surface area contributed by atoms with Gasteiger partial charge in [-0.15, -0.1) is 5.10 Å². The second-order valence-electron chi connectivity index (χ2n) is 8.83. The highest BCUT2D eigenvalue weighted by Gasteiger charge is 2.29. The molecular formula is C25H40N4O3. The summed E-state index contributed by atoms with van der Waals surface area (Å²) >= 11 is 0. The third-order valence-electron chi connectivity index (χ3n) is 5.96. The zero-order valence-corrected chi connectivity index (χ0v) is 19.7. The highest BCUT2D eigenvalue weighted by Crippen LogP contribution is 2.14. The molecule has 1 amide bonds. The fourth-order valence-corrected chi connectivity index (χ4v) is 3.88. The molecule has 1 aromatic carbocycles. The van der Waals surface area contributed by atoms with Crippen LogP contribution in [0.25, 0.3) is 0 Å². The van der Waals surface area contributed by atoms with Crippen LogP contribution in [0.3, 0.4) is 0 Å². The first kappa shape index (κ1) is 26.0. The number of aryl methyl sites for hydroxylation is 4. The Balaban J connectivity index is 1.75. The summed E-state index contributed by atoms with van der Waals surface area (Å²) in [6.07, 6.45) is 12.8. The van der Waals surface area contributed by atoms with Gasteiger partial charge in [0, 0.05) is 19.7 Å². The normalized spacial score (nSPS) is 11.6. The van der Waals surface area contributed by atoms with Crippen molar-refractivity contribution in [3.05, 3.63) is 47.3 Å². The second-order valence-corrected chi connectivity index (χ2v) is 8.83. The fraction of sp³-hybridized carbons (Fsp3) is 0.640. The van der Waals surface area contributed by atoms with Crippen LogP contribution in [0.5, 0.6) is 0 Å². The zero-order chi connectivity index (χ0) is 23.2. The molecule has 0 atom stereocenters. The number of rotatable bonds is 16. The predicted octanol–water partition coefficient (Wildman–Crippen LogP) is 3.22. The lowest BCUT2D eigenvalue weighted by atomic mass is 9.94. The van der Waals surface area contributed by atoms with E-state index >= 15 is 0 Å². The molecule has 0 aliphatic heterocycles. The number of benzene rings is 1. The zero-order valence-electron chi connectivity index (χ0n) is 19.7. The van der Waals surface area contributed by atoms with Crippen LogP contribution in [0.4, 0.5) is 0 Å². The van der Waals surface area contributed by atoms with Gasteiger partial charge in [-0.25, -0.2) is 0 Å². The van der Waals surface area contributed by atoms with Crippen LogP contribution in [0.2, 0.25) is 0 Å². The summed E-state index contributed by atoms with van der Waals surface area (Å²) < 4.78 is 1.82. The molecule has 1 heterocycles. The van der Waals surface area contributed by atoms with Gasteiger partial charge in [0.1, 0.15) is 0 Å². The number of amides is 1. The van der Waals surface area contributed by atoms with Gasteiger partial charge < -0.3 is 15.5 Å². The Kier molecular flexibility index (Phi) is 11.4. The van der Waals surface area contributed by atoms with Crippen LogP contribution in [0, 0.1) is 0 Å². The molecular weight excluding hydrogens is 404 g/mol. The number of nitrogens with zero attached hydrogens (tertiary/aromatic N) is 3. The molecule has 0 radical (unpaired) electrons. The number of aromatic nitrogens is 3. The van der Waals surface area contributed by atoms with Gasteiger partial charge in [-0.05, 0) is 43.2 Å². The maximum Gasteiger partial charge on any atom is 0.217 e. The lowest BCUT2D eigenvalue weighted by Crippen LogP contribution is -2.53. The molecule has 0 spiro atoms. The topological polar surface area (TPSA) is 100 Å². The van der Waals surface area contributed by atoms with Crippen molar-refractivity contribution in [2.75, 3.05) is 13.2 Å². The van der Waals surface area contributed by atoms with Crippen molar-refractivity contribution in [2.45, 2.75) is 90.1 Å². The van der Waals surface area contributed by atoms with E-state index in [1.165, 1.54) is 56.6 Å². The molecule has 7 nitrogen and oxygen atoms in total. The summed E-state index contributed by atoms with van der Waals surface area (Å²) in [5.41, 5.74) is 2.42. The van der Waals surface area contributed by atoms with Gasteiger partial charge in [0.25, 0.3) is 0 Å². The summed E-state index contributed by atoms with van der Waals surface area (Å²) in [5, 5.41) is 30.3. The first-order valence-electron chi connectivity index (χ1n) is 12.0. The first-order chi connectivity index (χ1) is 15.5. The summed E-state index contributed by atoms with van der Waals surface area (Å²) in [5.74, 6) is -0.283. The number of hydrogen-bond donors (Lipinski definition) is 3. The summed E-state index contributed by atoms with van der Waals surface area (Å²) in [4.78, 5) is 11.4. The van der Waals surface area contributed by atoms with E-state index in [1.807, 2.05) is 10.9 Å². The molecule has 3 N–H and O–H groups in total. The van der Waals surface area contributed by atoms with Crippen molar-refractivity contribution in [3.63, 3.8) is 0 Å². The quantitative estimate of drug-likeness (QED) is 0.345. The predicted molar refractivity (Wildman–Crippen MR) is 126 cm³/mol. The molecule has 1 aromatic heterocycles. The molecule has 0 aliphatic rings. The van der Waals surface area contributed by atoms with Crippen molar-refractivity contribution in [2.24, 2.45) is 0 Å². The van der Waals surface area contributed by atoms with Crippen LogP contribution in [0.15, 0.2) is 30.5 Å². The molecule has 0 unspecified atom stereocenters. The number of carbonyl (C=O) groups excluding carboxylic acids is 1. The van der Waals surface area contributed by atoms with Crippen LogP contribution in [-0.2, 0) is 30.6 Å². The molecule has 2 aromatic rings. The first-order valence-corrected chi connectivity index (χ1v) is 12.0. The standard InChI is InChI=1S/C25H40N4O3/c1-3-4-5-6-7-8-9-22-10-12-23(13-11-22)15-17-29-18-24(27-28-29)14-16-25(19-30,20-31)26-21(2)32/h10-13,18,30-31H,3-9,14-17,19-20H2,1-2H3,(H,26,32). The van der Waals surface area contributed by atoms with Crippen LogP contribution >= 0.6 is 0 Å². The Bertz CT molecular complexity index is 785. The van der Waals surface area contributed by atoms with Gasteiger partial charge in [-0.2, -0.15) is 0 Å². The van der Waals surface area contributed by atoms with E-state index in [2.05, 4.69) is 46.8 Å². The van der Waals surface area contributed by atoms with E-state index in [1.54, 1.807) is 0 Å². The number of hydrogen-bond acceptors (Lipinski definition) is 5. The molecule has 32 heavy (non-hydrogen) atoms. The summed E-state index contributed by atoms with van der Waals surface area (Å²) in [7, 11) is 0. The molecule has 0 saturated heterocycles. The number of unbranched alkanes of at least 4 members (excludes halogenated alkanes) is 5. The van der Waals surface area contributed by atoms with E-state index in [-0.39, 0.29) is 19.1 Å².